The van der Waals surface area contributed by atoms with Gasteiger partial charge < -0.3 is 25.6 Å². The summed E-state index contributed by atoms with van der Waals surface area (Å²) in [5.41, 5.74) is 0.912. The van der Waals surface area contributed by atoms with E-state index in [1.54, 1.807) is 0 Å². The first-order chi connectivity index (χ1) is 14.9. The Morgan fingerprint density at radius 1 is 1.06 bits per heavy atom. The lowest BCUT2D eigenvalue weighted by Gasteiger charge is -2.42. The molecular formula is C23H32BN3O4. The van der Waals surface area contributed by atoms with Crippen molar-refractivity contribution < 1.29 is 19.6 Å². The number of nitrogens with one attached hydrogen (secondary N) is 2. The largest absolute Gasteiger partial charge is 0.475 e. The maximum absolute atomic E-state index is 12.6. The van der Waals surface area contributed by atoms with Gasteiger partial charge in [0.15, 0.2) is 0 Å². The van der Waals surface area contributed by atoms with E-state index in [4.69, 9.17) is 0 Å². The number of carbonyl (C=O) groups excluding carboxylic acids is 2. The highest BCUT2D eigenvalue weighted by atomic mass is 16.4. The molecule has 0 spiro atoms. The van der Waals surface area contributed by atoms with E-state index < -0.39 is 19.0 Å². The molecule has 2 aliphatic rings. The number of nitrogens with zero attached hydrogens (tertiary/aromatic N) is 1. The predicted octanol–water partition coefficient (Wildman–Crippen LogP) is 1.40. The van der Waals surface area contributed by atoms with Gasteiger partial charge in [0.25, 0.3) is 0 Å². The molecule has 1 aliphatic carbocycles. The molecule has 2 rings (SSSR count). The first-order valence-corrected chi connectivity index (χ1v) is 10.6. The van der Waals surface area contributed by atoms with Crippen molar-refractivity contribution in [3.63, 3.8) is 0 Å². The van der Waals surface area contributed by atoms with Crippen LogP contribution in [-0.2, 0) is 9.59 Å². The van der Waals surface area contributed by atoms with Crippen LogP contribution in [0.2, 0.25) is 0 Å². The number of allylic oxidation sites excluding steroid dienone is 11. The fourth-order valence-electron chi connectivity index (χ4n) is 3.28. The molecule has 0 radical (unpaired) electrons. The van der Waals surface area contributed by atoms with Gasteiger partial charge in [-0.2, -0.15) is 0 Å². The highest BCUT2D eigenvalue weighted by Crippen LogP contribution is 2.24. The molecule has 31 heavy (non-hydrogen) atoms. The summed E-state index contributed by atoms with van der Waals surface area (Å²) in [6.07, 6.45) is 22.4. The van der Waals surface area contributed by atoms with Crippen molar-refractivity contribution in [1.29, 1.82) is 0 Å². The SMILES string of the molecule is CC(C)C[C@H](NC(=O)CNC(=O)[C@@H]1CCN1C1=C/C=C\C=C/C=C\C=C/C=C\1)B(O)O. The second-order valence-electron chi connectivity index (χ2n) is 7.92. The van der Waals surface area contributed by atoms with Crippen LogP contribution in [0, 0.1) is 5.92 Å². The van der Waals surface area contributed by atoms with Gasteiger partial charge in [-0.15, -0.1) is 0 Å². The molecule has 2 amide bonds. The fourth-order valence-corrected chi connectivity index (χ4v) is 3.28. The van der Waals surface area contributed by atoms with E-state index in [9.17, 15) is 19.6 Å². The maximum atomic E-state index is 12.6. The molecule has 7 nitrogen and oxygen atoms in total. The molecule has 1 fully saturated rings. The minimum atomic E-state index is -1.64. The first-order valence-electron chi connectivity index (χ1n) is 10.6. The molecule has 0 saturated carbocycles. The Morgan fingerprint density at radius 2 is 1.68 bits per heavy atom. The second-order valence-corrected chi connectivity index (χ2v) is 7.92. The predicted molar refractivity (Wildman–Crippen MR) is 123 cm³/mol. The quantitative estimate of drug-likeness (QED) is 0.441. The van der Waals surface area contributed by atoms with Gasteiger partial charge in [-0.25, -0.2) is 0 Å². The maximum Gasteiger partial charge on any atom is 0.475 e. The van der Waals surface area contributed by atoms with Crippen molar-refractivity contribution in [2.24, 2.45) is 5.92 Å². The molecule has 8 heteroatoms. The van der Waals surface area contributed by atoms with E-state index >= 15 is 0 Å². The van der Waals surface area contributed by atoms with Crippen LogP contribution >= 0.6 is 0 Å². The topological polar surface area (TPSA) is 102 Å². The average molecular weight is 425 g/mol. The zero-order chi connectivity index (χ0) is 22.6. The summed E-state index contributed by atoms with van der Waals surface area (Å²) in [7, 11) is -1.64. The number of carbonyl (C=O) groups is 2. The second kappa shape index (κ2) is 12.8. The first kappa shape index (κ1) is 24.4. The molecule has 1 saturated heterocycles. The van der Waals surface area contributed by atoms with Gasteiger partial charge in [0, 0.05) is 12.2 Å². The molecular weight excluding hydrogens is 393 g/mol. The summed E-state index contributed by atoms with van der Waals surface area (Å²) in [6.45, 7) is 4.40. The van der Waals surface area contributed by atoms with Gasteiger partial charge in [-0.05, 0) is 30.9 Å². The van der Waals surface area contributed by atoms with Crippen LogP contribution in [0.1, 0.15) is 26.7 Å². The zero-order valence-corrected chi connectivity index (χ0v) is 18.1. The van der Waals surface area contributed by atoms with Crippen molar-refractivity contribution in [2.45, 2.75) is 38.7 Å². The Labute approximate surface area is 184 Å². The van der Waals surface area contributed by atoms with Gasteiger partial charge in [-0.1, -0.05) is 68.5 Å². The Morgan fingerprint density at radius 3 is 2.23 bits per heavy atom. The summed E-state index contributed by atoms with van der Waals surface area (Å²) < 4.78 is 0. The van der Waals surface area contributed by atoms with Crippen LogP contribution in [0.15, 0.2) is 72.5 Å². The van der Waals surface area contributed by atoms with Gasteiger partial charge in [-0.3, -0.25) is 9.59 Å². The van der Waals surface area contributed by atoms with Gasteiger partial charge in [0.1, 0.15) is 6.04 Å². The monoisotopic (exact) mass is 425 g/mol. The molecule has 2 atom stereocenters. The van der Waals surface area contributed by atoms with Gasteiger partial charge >= 0.3 is 7.12 Å². The summed E-state index contributed by atoms with van der Waals surface area (Å²) in [5.74, 6) is -1.25. The van der Waals surface area contributed by atoms with E-state index in [0.717, 1.165) is 12.2 Å². The number of amides is 2. The van der Waals surface area contributed by atoms with E-state index in [1.807, 2.05) is 85.6 Å². The highest BCUT2D eigenvalue weighted by molar-refractivity contribution is 6.43. The Bertz CT molecular complexity index is 797. The van der Waals surface area contributed by atoms with Crippen molar-refractivity contribution in [3.8, 4) is 0 Å². The van der Waals surface area contributed by atoms with E-state index in [-0.39, 0.29) is 24.4 Å². The average Bonchev–Trinajstić information content (AvgIpc) is 2.66. The lowest BCUT2D eigenvalue weighted by atomic mass is 9.75. The van der Waals surface area contributed by atoms with Crippen LogP contribution < -0.4 is 10.6 Å². The Balaban J connectivity index is 1.92. The van der Waals surface area contributed by atoms with Gasteiger partial charge in [0.05, 0.1) is 12.5 Å². The minimum Gasteiger partial charge on any atom is -0.426 e. The summed E-state index contributed by atoms with van der Waals surface area (Å²) in [6, 6.07) is -0.348. The van der Waals surface area contributed by atoms with Crippen LogP contribution in [0.5, 0.6) is 0 Å². The van der Waals surface area contributed by atoms with Gasteiger partial charge in [0.2, 0.25) is 11.8 Å². The Kier molecular flexibility index (Phi) is 10.1. The fraction of sp³-hybridized carbons (Fsp3) is 0.391. The lowest BCUT2D eigenvalue weighted by molar-refractivity contribution is -0.131. The van der Waals surface area contributed by atoms with E-state index in [1.165, 1.54) is 0 Å². The number of rotatable bonds is 8. The molecule has 0 bridgehead atoms. The van der Waals surface area contributed by atoms with E-state index in [0.29, 0.717) is 12.8 Å². The van der Waals surface area contributed by atoms with E-state index in [2.05, 4.69) is 10.6 Å². The van der Waals surface area contributed by atoms with Crippen molar-refractivity contribution in [2.75, 3.05) is 13.1 Å². The Hall–Kier alpha value is -2.84. The number of hydrogen-bond acceptors (Lipinski definition) is 5. The smallest absolute Gasteiger partial charge is 0.426 e. The van der Waals surface area contributed by atoms with Crippen LogP contribution in [-0.4, -0.2) is 59.0 Å². The minimum absolute atomic E-state index is 0.188. The summed E-state index contributed by atoms with van der Waals surface area (Å²) in [5, 5.41) is 24.1. The third kappa shape index (κ3) is 8.43. The van der Waals surface area contributed by atoms with Crippen LogP contribution in [0.25, 0.3) is 0 Å². The normalized spacial score (nSPS) is 26.0. The summed E-state index contributed by atoms with van der Waals surface area (Å²) in [4.78, 5) is 26.8. The molecule has 0 aromatic rings. The van der Waals surface area contributed by atoms with Crippen LogP contribution in [0.3, 0.4) is 0 Å². The molecule has 0 aromatic carbocycles. The molecule has 166 valence electrons. The third-order valence-electron chi connectivity index (χ3n) is 4.93. The van der Waals surface area contributed by atoms with Crippen LogP contribution in [0.4, 0.5) is 0 Å². The van der Waals surface area contributed by atoms with Crippen molar-refractivity contribution in [1.82, 2.24) is 15.5 Å². The molecule has 0 unspecified atom stereocenters. The molecule has 1 heterocycles. The molecule has 4 N–H and O–H groups in total. The number of hydrogen-bond donors (Lipinski definition) is 4. The van der Waals surface area contributed by atoms with Crippen molar-refractivity contribution in [3.05, 3.63) is 72.5 Å². The van der Waals surface area contributed by atoms with Crippen molar-refractivity contribution >= 4 is 18.9 Å². The molecule has 0 aromatic heterocycles. The number of likely N-dealkylation sites (tertiary alicyclic amines) is 1. The zero-order valence-electron chi connectivity index (χ0n) is 18.1. The molecule has 1 aliphatic heterocycles. The lowest BCUT2D eigenvalue weighted by Crippen LogP contribution is -2.57. The summed E-state index contributed by atoms with van der Waals surface area (Å²) >= 11 is 0. The highest BCUT2D eigenvalue weighted by Gasteiger charge is 2.35. The standard InChI is InChI=1S/C23H32BN3O4/c1-18(2)16-21(24(30)31)26-22(28)17-25-23(29)20-14-15-27(20)19-12-10-8-6-4-3-5-7-9-11-13-19/h3-13,18,20-21,30-31H,14-17H2,1-2H3,(H,25,29)(H,26,28)/b4-3-,5-3?,6-4?,7-5-,8-6-,9-7?,10-8?,11-9-,12-10-,13-11?,19-12?,19-13+/t20-,21-/m0/s1. The third-order valence-corrected chi connectivity index (χ3v) is 4.93.